The van der Waals surface area contributed by atoms with Gasteiger partial charge in [-0.25, -0.2) is 4.79 Å². The van der Waals surface area contributed by atoms with Crippen LogP contribution in [0.25, 0.3) is 0 Å². The van der Waals surface area contributed by atoms with Gasteiger partial charge in [-0.1, -0.05) is 18.2 Å². The molecule has 0 radical (unpaired) electrons. The molecule has 0 amide bonds. The standard InChI is InChI=1S/C17H21NO4/c1-18-10-12-8-13(18)9-14(15(12)17(20)21-2)22-16(19)11-6-4-3-5-7-11/h3-7,12-15H,8-10H2,1-2H3/t12-,13?,14?,15?/m0/s1. The summed E-state index contributed by atoms with van der Waals surface area (Å²) in [5.74, 6) is -0.809. The van der Waals surface area contributed by atoms with Crippen LogP contribution < -0.4 is 0 Å². The lowest BCUT2D eigenvalue weighted by molar-refractivity contribution is -0.153. The topological polar surface area (TPSA) is 55.8 Å². The third-order valence-corrected chi connectivity index (χ3v) is 4.87. The number of hydrogen-bond acceptors (Lipinski definition) is 5. The summed E-state index contributed by atoms with van der Waals surface area (Å²) in [6.45, 7) is 0.851. The highest BCUT2D eigenvalue weighted by molar-refractivity contribution is 5.89. The Hall–Kier alpha value is -1.88. The number of likely N-dealkylation sites (tertiary alicyclic amines) is 1. The summed E-state index contributed by atoms with van der Waals surface area (Å²) in [4.78, 5) is 26.7. The molecule has 0 aromatic heterocycles. The molecule has 1 aromatic carbocycles. The molecule has 1 aliphatic heterocycles. The number of esters is 2. The molecular formula is C17H21NO4. The molecule has 1 saturated carbocycles. The van der Waals surface area contributed by atoms with Crippen LogP contribution in [0.4, 0.5) is 0 Å². The van der Waals surface area contributed by atoms with Crippen molar-refractivity contribution in [1.82, 2.24) is 4.90 Å². The zero-order valence-electron chi connectivity index (χ0n) is 12.9. The maximum absolute atomic E-state index is 12.3. The second-order valence-corrected chi connectivity index (χ2v) is 6.18. The van der Waals surface area contributed by atoms with Gasteiger partial charge in [0, 0.05) is 19.0 Å². The molecular weight excluding hydrogens is 282 g/mol. The zero-order valence-corrected chi connectivity index (χ0v) is 12.9. The average Bonchev–Trinajstić information content (AvgIpc) is 2.82. The smallest absolute Gasteiger partial charge is 0.338 e. The molecule has 2 aliphatic rings. The number of carbonyl (C=O) groups excluding carboxylic acids is 2. The Morgan fingerprint density at radius 1 is 1.18 bits per heavy atom. The van der Waals surface area contributed by atoms with Crippen molar-refractivity contribution in [3.8, 4) is 0 Å². The van der Waals surface area contributed by atoms with E-state index in [9.17, 15) is 9.59 Å². The quantitative estimate of drug-likeness (QED) is 0.796. The fourth-order valence-corrected chi connectivity index (χ4v) is 3.76. The molecule has 5 nitrogen and oxygen atoms in total. The lowest BCUT2D eigenvalue weighted by atomic mass is 9.78. The van der Waals surface area contributed by atoms with Crippen molar-refractivity contribution >= 4 is 11.9 Å². The van der Waals surface area contributed by atoms with E-state index in [0.29, 0.717) is 18.0 Å². The van der Waals surface area contributed by atoms with E-state index in [2.05, 4.69) is 11.9 Å². The molecule has 0 spiro atoms. The van der Waals surface area contributed by atoms with E-state index in [1.54, 1.807) is 24.3 Å². The van der Waals surface area contributed by atoms with Crippen LogP contribution in [0.1, 0.15) is 23.2 Å². The van der Waals surface area contributed by atoms with E-state index in [1.807, 2.05) is 6.07 Å². The SMILES string of the molecule is COC(=O)C1C(OC(=O)c2ccccc2)CC2C[C@H]1CN2C. The van der Waals surface area contributed by atoms with Gasteiger partial charge < -0.3 is 14.4 Å². The first-order valence-electron chi connectivity index (χ1n) is 7.64. The summed E-state index contributed by atoms with van der Waals surface area (Å²) < 4.78 is 10.6. The van der Waals surface area contributed by atoms with Gasteiger partial charge in [0.1, 0.15) is 6.10 Å². The molecule has 5 heteroatoms. The molecule has 1 aliphatic carbocycles. The van der Waals surface area contributed by atoms with Gasteiger partial charge in [-0.15, -0.1) is 0 Å². The second-order valence-electron chi connectivity index (χ2n) is 6.18. The van der Waals surface area contributed by atoms with Crippen molar-refractivity contribution in [3.05, 3.63) is 35.9 Å². The van der Waals surface area contributed by atoms with Crippen LogP contribution in [-0.2, 0) is 14.3 Å². The summed E-state index contributed by atoms with van der Waals surface area (Å²) in [6, 6.07) is 9.26. The van der Waals surface area contributed by atoms with E-state index in [0.717, 1.165) is 13.0 Å². The lowest BCUT2D eigenvalue weighted by Crippen LogP contribution is -2.43. The number of rotatable bonds is 3. The highest BCUT2D eigenvalue weighted by Gasteiger charge is 2.50. The fraction of sp³-hybridized carbons (Fsp3) is 0.529. The highest BCUT2D eigenvalue weighted by atomic mass is 16.6. The third kappa shape index (κ3) is 2.73. The maximum Gasteiger partial charge on any atom is 0.338 e. The van der Waals surface area contributed by atoms with Gasteiger partial charge in [-0.05, 0) is 31.5 Å². The predicted molar refractivity (Wildman–Crippen MR) is 80.3 cm³/mol. The Morgan fingerprint density at radius 3 is 2.59 bits per heavy atom. The molecule has 118 valence electrons. The molecule has 1 saturated heterocycles. The Bertz CT molecular complexity index is 557. The average molecular weight is 303 g/mol. The minimum absolute atomic E-state index is 0.199. The molecule has 3 unspecified atom stereocenters. The Morgan fingerprint density at radius 2 is 1.91 bits per heavy atom. The van der Waals surface area contributed by atoms with Crippen LogP contribution >= 0.6 is 0 Å². The van der Waals surface area contributed by atoms with Crippen molar-refractivity contribution in [2.75, 3.05) is 20.7 Å². The first-order chi connectivity index (χ1) is 10.6. The van der Waals surface area contributed by atoms with Crippen molar-refractivity contribution in [1.29, 1.82) is 0 Å². The van der Waals surface area contributed by atoms with Gasteiger partial charge in [-0.3, -0.25) is 4.79 Å². The van der Waals surface area contributed by atoms with Crippen molar-refractivity contribution < 1.29 is 19.1 Å². The lowest BCUT2D eigenvalue weighted by Gasteiger charge is -2.34. The van der Waals surface area contributed by atoms with E-state index in [-0.39, 0.29) is 23.8 Å². The third-order valence-electron chi connectivity index (χ3n) is 4.87. The van der Waals surface area contributed by atoms with E-state index < -0.39 is 6.10 Å². The van der Waals surface area contributed by atoms with Crippen LogP contribution in [0.15, 0.2) is 30.3 Å². The minimum Gasteiger partial charge on any atom is -0.469 e. The summed E-state index contributed by atoms with van der Waals surface area (Å²) in [7, 11) is 3.45. The van der Waals surface area contributed by atoms with Crippen LogP contribution in [0, 0.1) is 11.8 Å². The highest BCUT2D eigenvalue weighted by Crippen LogP contribution is 2.41. The van der Waals surface area contributed by atoms with E-state index in [4.69, 9.17) is 9.47 Å². The summed E-state index contributed by atoms with van der Waals surface area (Å²) in [6.07, 6.45) is 1.25. The Balaban J connectivity index is 1.78. The molecule has 1 aromatic rings. The predicted octanol–water partition coefficient (Wildman–Crippen LogP) is 1.73. The number of fused-ring (bicyclic) bond motifs is 2. The van der Waals surface area contributed by atoms with Crippen molar-refractivity contribution in [3.63, 3.8) is 0 Å². The van der Waals surface area contributed by atoms with Crippen molar-refractivity contribution in [2.45, 2.75) is 25.0 Å². The summed E-state index contributed by atoms with van der Waals surface area (Å²) in [5.41, 5.74) is 0.511. The molecule has 3 rings (SSSR count). The molecule has 0 N–H and O–H groups in total. The first kappa shape index (κ1) is 15.0. The van der Waals surface area contributed by atoms with Crippen molar-refractivity contribution in [2.24, 2.45) is 11.8 Å². The number of ether oxygens (including phenoxy) is 2. The van der Waals surface area contributed by atoms with Crippen LogP contribution in [0.5, 0.6) is 0 Å². The van der Waals surface area contributed by atoms with Crippen LogP contribution in [-0.4, -0.2) is 49.7 Å². The van der Waals surface area contributed by atoms with Gasteiger partial charge >= 0.3 is 11.9 Å². The normalized spacial score (nSPS) is 30.8. The number of benzene rings is 1. The molecule has 1 heterocycles. The summed E-state index contributed by atoms with van der Waals surface area (Å²) in [5, 5.41) is 0. The van der Waals surface area contributed by atoms with Crippen LogP contribution in [0.3, 0.4) is 0 Å². The van der Waals surface area contributed by atoms with Gasteiger partial charge in [0.2, 0.25) is 0 Å². The number of carbonyl (C=O) groups is 2. The number of methoxy groups -OCH3 is 1. The van der Waals surface area contributed by atoms with Gasteiger partial charge in [0.25, 0.3) is 0 Å². The second kappa shape index (κ2) is 6.08. The van der Waals surface area contributed by atoms with Gasteiger partial charge in [0.05, 0.1) is 18.6 Å². The molecule has 2 bridgehead atoms. The van der Waals surface area contributed by atoms with E-state index in [1.165, 1.54) is 7.11 Å². The minimum atomic E-state index is -0.408. The zero-order chi connectivity index (χ0) is 15.7. The van der Waals surface area contributed by atoms with E-state index >= 15 is 0 Å². The largest absolute Gasteiger partial charge is 0.469 e. The molecule has 4 atom stereocenters. The number of nitrogens with zero attached hydrogens (tertiary/aromatic N) is 1. The van der Waals surface area contributed by atoms with Gasteiger partial charge in [-0.2, -0.15) is 0 Å². The maximum atomic E-state index is 12.3. The van der Waals surface area contributed by atoms with Crippen LogP contribution in [0.2, 0.25) is 0 Å². The monoisotopic (exact) mass is 303 g/mol. The molecule has 2 fully saturated rings. The first-order valence-corrected chi connectivity index (χ1v) is 7.64. The van der Waals surface area contributed by atoms with Gasteiger partial charge in [0.15, 0.2) is 0 Å². The number of hydrogen-bond donors (Lipinski definition) is 0. The summed E-state index contributed by atoms with van der Waals surface area (Å²) >= 11 is 0. The molecule has 22 heavy (non-hydrogen) atoms. The Kier molecular flexibility index (Phi) is 4.16. The fourth-order valence-electron chi connectivity index (χ4n) is 3.76. The Labute approximate surface area is 130 Å².